The molecular formula is C12H17N5O2. The number of amides is 2. The van der Waals surface area contributed by atoms with E-state index < -0.39 is 5.54 Å². The van der Waals surface area contributed by atoms with Gasteiger partial charge in [0.15, 0.2) is 0 Å². The van der Waals surface area contributed by atoms with Gasteiger partial charge < -0.3 is 15.6 Å². The molecule has 0 radical (unpaired) electrons. The third kappa shape index (κ3) is 2.37. The SMILES string of the molecule is CC1(C)C(=O)NCCN1C(=O)c1cccc(NN)n1. The van der Waals surface area contributed by atoms with Gasteiger partial charge in [-0.3, -0.25) is 9.59 Å². The minimum atomic E-state index is -0.886. The number of nitrogen functional groups attached to an aromatic ring is 1. The first kappa shape index (κ1) is 13.3. The molecular weight excluding hydrogens is 246 g/mol. The topological polar surface area (TPSA) is 100 Å². The number of hydrogen-bond acceptors (Lipinski definition) is 5. The summed E-state index contributed by atoms with van der Waals surface area (Å²) < 4.78 is 0. The van der Waals surface area contributed by atoms with Crippen LogP contribution in [0.5, 0.6) is 0 Å². The number of pyridine rings is 1. The number of aromatic nitrogens is 1. The number of hydrazine groups is 1. The van der Waals surface area contributed by atoms with Gasteiger partial charge in [0.2, 0.25) is 5.91 Å². The van der Waals surface area contributed by atoms with Gasteiger partial charge in [-0.15, -0.1) is 0 Å². The van der Waals surface area contributed by atoms with Crippen LogP contribution < -0.4 is 16.6 Å². The van der Waals surface area contributed by atoms with Crippen LogP contribution in [0.1, 0.15) is 24.3 Å². The third-order valence-corrected chi connectivity index (χ3v) is 3.21. The fourth-order valence-electron chi connectivity index (χ4n) is 2.03. The minimum absolute atomic E-state index is 0.166. The van der Waals surface area contributed by atoms with E-state index >= 15 is 0 Å². The van der Waals surface area contributed by atoms with Gasteiger partial charge in [0, 0.05) is 13.1 Å². The molecule has 0 aliphatic carbocycles. The van der Waals surface area contributed by atoms with E-state index in [-0.39, 0.29) is 17.5 Å². The Morgan fingerprint density at radius 1 is 1.53 bits per heavy atom. The summed E-state index contributed by atoms with van der Waals surface area (Å²) in [6, 6.07) is 4.95. The molecule has 2 amide bonds. The zero-order valence-electron chi connectivity index (χ0n) is 10.9. The van der Waals surface area contributed by atoms with Crippen molar-refractivity contribution < 1.29 is 9.59 Å². The first-order valence-electron chi connectivity index (χ1n) is 6.01. The van der Waals surface area contributed by atoms with E-state index in [9.17, 15) is 9.59 Å². The second kappa shape index (κ2) is 4.85. The van der Waals surface area contributed by atoms with Crippen molar-refractivity contribution in [2.75, 3.05) is 18.5 Å². The largest absolute Gasteiger partial charge is 0.352 e. The van der Waals surface area contributed by atoms with E-state index in [1.807, 2.05) is 0 Å². The number of nitrogens with zero attached hydrogens (tertiary/aromatic N) is 2. The molecule has 1 aliphatic heterocycles. The van der Waals surface area contributed by atoms with Crippen LogP contribution in [0.2, 0.25) is 0 Å². The summed E-state index contributed by atoms with van der Waals surface area (Å²) in [4.78, 5) is 29.9. The van der Waals surface area contributed by atoms with Gasteiger partial charge in [-0.1, -0.05) is 6.07 Å². The Balaban J connectivity index is 2.30. The lowest BCUT2D eigenvalue weighted by atomic mass is 9.98. The normalized spacial score (nSPS) is 17.8. The first-order chi connectivity index (χ1) is 8.96. The Kier molecular flexibility index (Phi) is 3.39. The summed E-state index contributed by atoms with van der Waals surface area (Å²) >= 11 is 0. The molecule has 1 fully saturated rings. The van der Waals surface area contributed by atoms with Crippen LogP contribution in [-0.2, 0) is 4.79 Å². The third-order valence-electron chi connectivity index (χ3n) is 3.21. The molecule has 0 unspecified atom stereocenters. The van der Waals surface area contributed by atoms with E-state index in [2.05, 4.69) is 15.7 Å². The van der Waals surface area contributed by atoms with Gasteiger partial charge in [-0.2, -0.15) is 0 Å². The summed E-state index contributed by atoms with van der Waals surface area (Å²) in [6.07, 6.45) is 0. The fraction of sp³-hybridized carbons (Fsp3) is 0.417. The van der Waals surface area contributed by atoms with Crippen LogP contribution in [0.3, 0.4) is 0 Å². The quantitative estimate of drug-likeness (QED) is 0.503. The van der Waals surface area contributed by atoms with Crippen molar-refractivity contribution in [2.24, 2.45) is 5.84 Å². The Hall–Kier alpha value is -2.15. The molecule has 0 aromatic carbocycles. The number of anilines is 1. The summed E-state index contributed by atoms with van der Waals surface area (Å²) in [7, 11) is 0. The minimum Gasteiger partial charge on any atom is -0.352 e. The Bertz CT molecular complexity index is 515. The zero-order valence-corrected chi connectivity index (χ0v) is 10.9. The van der Waals surface area contributed by atoms with Crippen molar-refractivity contribution in [3.05, 3.63) is 23.9 Å². The highest BCUT2D eigenvalue weighted by Gasteiger charge is 2.41. The van der Waals surface area contributed by atoms with Crippen LogP contribution in [-0.4, -0.2) is 40.3 Å². The molecule has 2 heterocycles. The summed E-state index contributed by atoms with van der Waals surface area (Å²) in [5.41, 5.74) is 1.77. The molecule has 102 valence electrons. The van der Waals surface area contributed by atoms with E-state index in [1.165, 1.54) is 4.90 Å². The monoisotopic (exact) mass is 263 g/mol. The van der Waals surface area contributed by atoms with E-state index in [0.29, 0.717) is 18.9 Å². The maximum absolute atomic E-state index is 12.4. The highest BCUT2D eigenvalue weighted by atomic mass is 16.2. The number of rotatable bonds is 2. The average molecular weight is 263 g/mol. The maximum Gasteiger partial charge on any atom is 0.273 e. The van der Waals surface area contributed by atoms with Gasteiger partial charge >= 0.3 is 0 Å². The van der Waals surface area contributed by atoms with Crippen molar-refractivity contribution in [1.82, 2.24) is 15.2 Å². The number of hydrogen-bond donors (Lipinski definition) is 3. The average Bonchev–Trinajstić information content (AvgIpc) is 2.41. The first-order valence-corrected chi connectivity index (χ1v) is 6.01. The standard InChI is InChI=1S/C12H17N5O2/c1-12(2)11(19)14-6-7-17(12)10(18)8-4-3-5-9(15-8)16-13/h3-5H,6-7,13H2,1-2H3,(H,14,19)(H,15,16). The summed E-state index contributed by atoms with van der Waals surface area (Å²) in [6.45, 7) is 4.33. The molecule has 1 aromatic rings. The summed E-state index contributed by atoms with van der Waals surface area (Å²) in [5.74, 6) is 5.23. The van der Waals surface area contributed by atoms with Crippen LogP contribution in [0, 0.1) is 0 Å². The molecule has 2 rings (SSSR count). The maximum atomic E-state index is 12.4. The zero-order chi connectivity index (χ0) is 14.0. The van der Waals surface area contributed by atoms with E-state index in [4.69, 9.17) is 5.84 Å². The lowest BCUT2D eigenvalue weighted by Crippen LogP contribution is -2.63. The van der Waals surface area contributed by atoms with Crippen molar-refractivity contribution in [1.29, 1.82) is 0 Å². The van der Waals surface area contributed by atoms with E-state index in [0.717, 1.165) is 0 Å². The highest BCUT2D eigenvalue weighted by molar-refractivity contribution is 5.98. The number of nitrogens with two attached hydrogens (primary N) is 1. The van der Waals surface area contributed by atoms with Crippen LogP contribution in [0.25, 0.3) is 0 Å². The van der Waals surface area contributed by atoms with Crippen molar-refractivity contribution in [3.8, 4) is 0 Å². The molecule has 7 nitrogen and oxygen atoms in total. The van der Waals surface area contributed by atoms with Crippen molar-refractivity contribution in [2.45, 2.75) is 19.4 Å². The van der Waals surface area contributed by atoms with Crippen LogP contribution >= 0.6 is 0 Å². The predicted octanol–water partition coefficient (Wildman–Crippen LogP) is -0.282. The van der Waals surface area contributed by atoms with E-state index in [1.54, 1.807) is 32.0 Å². The molecule has 7 heteroatoms. The molecule has 1 aliphatic rings. The summed E-state index contributed by atoms with van der Waals surface area (Å²) in [5, 5.41) is 2.75. The second-order valence-corrected chi connectivity index (χ2v) is 4.82. The lowest BCUT2D eigenvalue weighted by Gasteiger charge is -2.40. The van der Waals surface area contributed by atoms with Crippen LogP contribution in [0.15, 0.2) is 18.2 Å². The smallest absolute Gasteiger partial charge is 0.273 e. The molecule has 0 spiro atoms. The molecule has 1 saturated heterocycles. The van der Waals surface area contributed by atoms with Gasteiger partial charge in [0.25, 0.3) is 5.91 Å². The molecule has 0 atom stereocenters. The second-order valence-electron chi connectivity index (χ2n) is 4.82. The Morgan fingerprint density at radius 3 is 2.95 bits per heavy atom. The molecule has 19 heavy (non-hydrogen) atoms. The lowest BCUT2D eigenvalue weighted by molar-refractivity contribution is -0.133. The molecule has 4 N–H and O–H groups in total. The van der Waals surface area contributed by atoms with Gasteiger partial charge in [0.05, 0.1) is 0 Å². The number of carbonyl (C=O) groups excluding carboxylic acids is 2. The van der Waals surface area contributed by atoms with Gasteiger partial charge in [0.1, 0.15) is 17.1 Å². The fourth-order valence-corrected chi connectivity index (χ4v) is 2.03. The molecule has 1 aromatic heterocycles. The predicted molar refractivity (Wildman–Crippen MR) is 70.2 cm³/mol. The van der Waals surface area contributed by atoms with Crippen molar-refractivity contribution in [3.63, 3.8) is 0 Å². The number of nitrogens with one attached hydrogen (secondary N) is 2. The highest BCUT2D eigenvalue weighted by Crippen LogP contribution is 2.20. The molecule has 0 saturated carbocycles. The van der Waals surface area contributed by atoms with Gasteiger partial charge in [-0.25, -0.2) is 10.8 Å². The van der Waals surface area contributed by atoms with Crippen molar-refractivity contribution >= 4 is 17.6 Å². The Morgan fingerprint density at radius 2 is 2.26 bits per heavy atom. The number of piperazine rings is 1. The Labute approximate surface area is 111 Å². The number of carbonyl (C=O) groups is 2. The van der Waals surface area contributed by atoms with Crippen LogP contribution in [0.4, 0.5) is 5.82 Å². The molecule has 0 bridgehead atoms. The van der Waals surface area contributed by atoms with Gasteiger partial charge in [-0.05, 0) is 26.0 Å².